The third-order valence-electron chi connectivity index (χ3n) is 2.81. The second-order valence-corrected chi connectivity index (χ2v) is 4.31. The number of amides is 1. The van der Waals surface area contributed by atoms with Crippen LogP contribution in [-0.4, -0.2) is 21.0 Å². The number of aromatic hydroxyl groups is 2. The van der Waals surface area contributed by atoms with Gasteiger partial charge in [-0.15, -0.1) is 0 Å². The van der Waals surface area contributed by atoms with Crippen molar-refractivity contribution in [3.8, 4) is 11.5 Å². The number of phenols is 2. The van der Waals surface area contributed by atoms with Crippen LogP contribution < -0.4 is 5.32 Å². The molecule has 21 heavy (non-hydrogen) atoms. The van der Waals surface area contributed by atoms with Gasteiger partial charge in [0.15, 0.2) is 0 Å². The van der Waals surface area contributed by atoms with Gasteiger partial charge in [-0.1, -0.05) is 18.2 Å². The lowest BCUT2D eigenvalue weighted by Gasteiger charge is -2.08. The van der Waals surface area contributed by atoms with Crippen molar-refractivity contribution in [3.63, 3.8) is 0 Å². The van der Waals surface area contributed by atoms with Gasteiger partial charge in [-0.3, -0.25) is 14.9 Å². The standard InChI is InChI=1S/C14H12N2O5/c17-12-4-2-1-3-9(12)7-14(19)15-11-8-10(16(20)21)5-6-13(11)18/h1-6,8,17-18H,7H2,(H,15,19). The highest BCUT2D eigenvalue weighted by Crippen LogP contribution is 2.28. The minimum absolute atomic E-state index is 0.0177. The van der Waals surface area contributed by atoms with E-state index in [0.717, 1.165) is 18.2 Å². The highest BCUT2D eigenvalue weighted by molar-refractivity contribution is 5.94. The molecule has 0 aliphatic heterocycles. The maximum absolute atomic E-state index is 11.9. The lowest BCUT2D eigenvalue weighted by atomic mass is 10.1. The van der Waals surface area contributed by atoms with E-state index in [2.05, 4.69) is 5.32 Å². The van der Waals surface area contributed by atoms with Gasteiger partial charge >= 0.3 is 0 Å². The number of anilines is 1. The fourth-order valence-corrected chi connectivity index (χ4v) is 1.77. The van der Waals surface area contributed by atoms with Gasteiger partial charge in [-0.05, 0) is 12.1 Å². The highest BCUT2D eigenvalue weighted by atomic mass is 16.6. The quantitative estimate of drug-likeness (QED) is 0.453. The summed E-state index contributed by atoms with van der Waals surface area (Å²) in [5, 5.41) is 32.2. The van der Waals surface area contributed by atoms with Crippen molar-refractivity contribution < 1.29 is 19.9 Å². The summed E-state index contributed by atoms with van der Waals surface area (Å²) in [4.78, 5) is 21.9. The Morgan fingerprint density at radius 3 is 2.52 bits per heavy atom. The zero-order valence-corrected chi connectivity index (χ0v) is 10.8. The van der Waals surface area contributed by atoms with Crippen molar-refractivity contribution in [2.75, 3.05) is 5.32 Å². The van der Waals surface area contributed by atoms with Gasteiger partial charge in [0.25, 0.3) is 5.69 Å². The molecule has 2 aromatic rings. The van der Waals surface area contributed by atoms with Crippen LogP contribution in [0, 0.1) is 10.1 Å². The van der Waals surface area contributed by atoms with Crippen molar-refractivity contribution in [1.82, 2.24) is 0 Å². The molecule has 2 aromatic carbocycles. The fraction of sp³-hybridized carbons (Fsp3) is 0.0714. The summed E-state index contributed by atoms with van der Waals surface area (Å²) in [6, 6.07) is 9.67. The van der Waals surface area contributed by atoms with Crippen LogP contribution in [0.4, 0.5) is 11.4 Å². The first-order valence-corrected chi connectivity index (χ1v) is 6.01. The summed E-state index contributed by atoms with van der Waals surface area (Å²) in [7, 11) is 0. The van der Waals surface area contributed by atoms with Gasteiger partial charge in [0, 0.05) is 17.7 Å². The Morgan fingerprint density at radius 2 is 1.86 bits per heavy atom. The van der Waals surface area contributed by atoms with Gasteiger partial charge in [-0.25, -0.2) is 0 Å². The molecule has 7 heteroatoms. The average molecular weight is 288 g/mol. The molecule has 108 valence electrons. The van der Waals surface area contributed by atoms with Crippen LogP contribution in [-0.2, 0) is 11.2 Å². The van der Waals surface area contributed by atoms with Crippen LogP contribution in [0.1, 0.15) is 5.56 Å². The van der Waals surface area contributed by atoms with E-state index < -0.39 is 10.8 Å². The SMILES string of the molecule is O=C(Cc1ccccc1O)Nc1cc([N+](=O)[O-])ccc1O. The van der Waals surface area contributed by atoms with Gasteiger partial charge in [0.05, 0.1) is 17.0 Å². The van der Waals surface area contributed by atoms with E-state index in [0.29, 0.717) is 5.56 Å². The lowest BCUT2D eigenvalue weighted by Crippen LogP contribution is -2.14. The van der Waals surface area contributed by atoms with Gasteiger partial charge in [0.2, 0.25) is 5.91 Å². The third kappa shape index (κ3) is 3.47. The van der Waals surface area contributed by atoms with Crippen LogP contribution >= 0.6 is 0 Å². The number of nitrogens with one attached hydrogen (secondary N) is 1. The number of hydrogen-bond donors (Lipinski definition) is 3. The third-order valence-corrected chi connectivity index (χ3v) is 2.81. The van der Waals surface area contributed by atoms with Crippen molar-refractivity contribution >= 4 is 17.3 Å². The Hall–Kier alpha value is -3.09. The molecule has 2 rings (SSSR count). The molecule has 0 fully saturated rings. The first-order valence-electron chi connectivity index (χ1n) is 6.01. The zero-order chi connectivity index (χ0) is 15.4. The lowest BCUT2D eigenvalue weighted by molar-refractivity contribution is -0.384. The number of benzene rings is 2. The Labute approximate surface area is 119 Å². The molecule has 0 aliphatic carbocycles. The second kappa shape index (κ2) is 5.91. The first kappa shape index (κ1) is 14.3. The number of rotatable bonds is 4. The summed E-state index contributed by atoms with van der Waals surface area (Å²) in [5.74, 6) is -0.797. The van der Waals surface area contributed by atoms with Crippen molar-refractivity contribution in [1.29, 1.82) is 0 Å². The van der Waals surface area contributed by atoms with Gasteiger partial charge < -0.3 is 15.5 Å². The number of carbonyl (C=O) groups is 1. The maximum Gasteiger partial charge on any atom is 0.271 e. The van der Waals surface area contributed by atoms with Gasteiger partial charge in [0.1, 0.15) is 11.5 Å². The first-order chi connectivity index (χ1) is 9.97. The normalized spacial score (nSPS) is 10.1. The van der Waals surface area contributed by atoms with E-state index in [-0.39, 0.29) is 29.3 Å². The summed E-state index contributed by atoms with van der Waals surface area (Å²) in [5.41, 5.74) is 0.121. The predicted octanol–water partition coefficient (Wildman–Crippen LogP) is 2.19. The molecule has 0 spiro atoms. The van der Waals surface area contributed by atoms with Crippen molar-refractivity contribution in [2.45, 2.75) is 6.42 Å². The van der Waals surface area contributed by atoms with E-state index in [4.69, 9.17) is 0 Å². The molecule has 7 nitrogen and oxygen atoms in total. The average Bonchev–Trinajstić information content (AvgIpc) is 2.43. The van der Waals surface area contributed by atoms with E-state index in [1.54, 1.807) is 18.2 Å². The Kier molecular flexibility index (Phi) is 4.03. The van der Waals surface area contributed by atoms with Crippen LogP contribution in [0.5, 0.6) is 11.5 Å². The predicted molar refractivity (Wildman–Crippen MR) is 75.2 cm³/mol. The number of para-hydroxylation sites is 1. The van der Waals surface area contributed by atoms with E-state index in [1.807, 2.05) is 0 Å². The number of hydrogen-bond acceptors (Lipinski definition) is 5. The molecule has 0 heterocycles. The van der Waals surface area contributed by atoms with E-state index in [1.165, 1.54) is 6.07 Å². The molecule has 0 saturated carbocycles. The maximum atomic E-state index is 11.9. The molecule has 0 unspecified atom stereocenters. The number of nitro benzene ring substituents is 1. The zero-order valence-electron chi connectivity index (χ0n) is 10.8. The molecule has 0 radical (unpaired) electrons. The number of carbonyl (C=O) groups excluding carboxylic acids is 1. The molecule has 0 bridgehead atoms. The molecule has 0 atom stereocenters. The minimum Gasteiger partial charge on any atom is -0.508 e. The topological polar surface area (TPSA) is 113 Å². The Bertz CT molecular complexity index is 700. The number of nitrogens with zero attached hydrogens (tertiary/aromatic N) is 1. The molecule has 0 aliphatic rings. The summed E-state index contributed by atoms with van der Waals surface area (Å²) in [6.45, 7) is 0. The van der Waals surface area contributed by atoms with Gasteiger partial charge in [-0.2, -0.15) is 0 Å². The molecule has 0 saturated heterocycles. The minimum atomic E-state index is -0.627. The number of nitro groups is 1. The Balaban J connectivity index is 2.15. The molecular weight excluding hydrogens is 276 g/mol. The summed E-state index contributed by atoms with van der Waals surface area (Å²) >= 11 is 0. The molecular formula is C14H12N2O5. The second-order valence-electron chi connectivity index (χ2n) is 4.31. The fourth-order valence-electron chi connectivity index (χ4n) is 1.77. The van der Waals surface area contributed by atoms with E-state index >= 15 is 0 Å². The summed E-state index contributed by atoms with van der Waals surface area (Å²) < 4.78 is 0. The molecule has 3 N–H and O–H groups in total. The van der Waals surface area contributed by atoms with E-state index in [9.17, 15) is 25.1 Å². The van der Waals surface area contributed by atoms with Crippen molar-refractivity contribution in [3.05, 3.63) is 58.1 Å². The largest absolute Gasteiger partial charge is 0.508 e. The van der Waals surface area contributed by atoms with Crippen LogP contribution in [0.15, 0.2) is 42.5 Å². The smallest absolute Gasteiger partial charge is 0.271 e. The summed E-state index contributed by atoms with van der Waals surface area (Å²) in [6.07, 6.45) is -0.116. The van der Waals surface area contributed by atoms with Crippen LogP contribution in [0.3, 0.4) is 0 Å². The van der Waals surface area contributed by atoms with Crippen molar-refractivity contribution in [2.24, 2.45) is 0 Å². The molecule has 1 amide bonds. The number of non-ortho nitro benzene ring substituents is 1. The molecule has 0 aromatic heterocycles. The highest BCUT2D eigenvalue weighted by Gasteiger charge is 2.13. The number of phenolic OH excluding ortho intramolecular Hbond substituents is 2. The Morgan fingerprint density at radius 1 is 1.14 bits per heavy atom. The van der Waals surface area contributed by atoms with Crippen LogP contribution in [0.2, 0.25) is 0 Å². The monoisotopic (exact) mass is 288 g/mol. The van der Waals surface area contributed by atoms with Crippen LogP contribution in [0.25, 0.3) is 0 Å².